The highest BCUT2D eigenvalue weighted by molar-refractivity contribution is 5.82. The standard InChI is InChI=1S/C26H27NO6/c1-31-26(30)33-16-18-6-10-21(11-7-18)23-12-13-27(25(28)29)15-24(23)32-17-19-8-9-20-4-2-3-5-22(20)14-19/h2-11,14,23-24H,12-13,15-17H2,1H3,(H,28,29)/p-1. The van der Waals surface area contributed by atoms with E-state index in [1.54, 1.807) is 0 Å². The summed E-state index contributed by atoms with van der Waals surface area (Å²) in [6.45, 7) is 1.17. The lowest BCUT2D eigenvalue weighted by Crippen LogP contribution is -2.51. The van der Waals surface area contributed by atoms with Crippen molar-refractivity contribution < 1.29 is 28.9 Å². The van der Waals surface area contributed by atoms with Crippen molar-refractivity contribution in [2.75, 3.05) is 20.2 Å². The van der Waals surface area contributed by atoms with Gasteiger partial charge in [-0.1, -0.05) is 60.7 Å². The Balaban J connectivity index is 1.47. The number of amides is 1. The van der Waals surface area contributed by atoms with E-state index in [0.29, 0.717) is 19.6 Å². The number of piperidine rings is 1. The van der Waals surface area contributed by atoms with Crippen LogP contribution in [0.15, 0.2) is 66.7 Å². The molecule has 33 heavy (non-hydrogen) atoms. The summed E-state index contributed by atoms with van der Waals surface area (Å²) in [6, 6.07) is 22.1. The molecule has 0 saturated carbocycles. The smallest absolute Gasteiger partial charge is 0.508 e. The molecule has 3 aromatic carbocycles. The number of hydrogen-bond acceptors (Lipinski definition) is 6. The predicted octanol–water partition coefficient (Wildman–Crippen LogP) is 3.84. The van der Waals surface area contributed by atoms with E-state index >= 15 is 0 Å². The Morgan fingerprint density at radius 2 is 1.70 bits per heavy atom. The number of carboxylic acid groups (broad SMARTS) is 1. The summed E-state index contributed by atoms with van der Waals surface area (Å²) in [7, 11) is 1.27. The van der Waals surface area contributed by atoms with E-state index in [1.807, 2.05) is 42.5 Å². The number of likely N-dealkylation sites (tertiary alicyclic amines) is 1. The maximum absolute atomic E-state index is 11.5. The molecular weight excluding hydrogens is 422 g/mol. The number of benzene rings is 3. The average Bonchev–Trinajstić information content (AvgIpc) is 2.86. The molecule has 0 N–H and O–H groups in total. The van der Waals surface area contributed by atoms with Crippen LogP contribution in [0.1, 0.15) is 29.0 Å². The first-order valence-electron chi connectivity index (χ1n) is 10.9. The van der Waals surface area contributed by atoms with Crippen LogP contribution in [-0.4, -0.2) is 43.5 Å². The Bertz CT molecular complexity index is 1110. The van der Waals surface area contributed by atoms with E-state index in [1.165, 1.54) is 12.0 Å². The number of hydrogen-bond donors (Lipinski definition) is 0. The molecule has 1 aliphatic rings. The molecular formula is C26H26NO6-. The SMILES string of the molecule is COC(=O)OCc1ccc(C2CCN(C(=O)[O-])CC2OCc2ccc3ccccc3c2)cc1. The monoisotopic (exact) mass is 448 g/mol. The molecule has 172 valence electrons. The molecule has 4 rings (SSSR count). The van der Waals surface area contributed by atoms with Crippen LogP contribution < -0.4 is 5.11 Å². The highest BCUT2D eigenvalue weighted by Crippen LogP contribution is 2.31. The molecule has 2 atom stereocenters. The summed E-state index contributed by atoms with van der Waals surface area (Å²) < 4.78 is 15.7. The molecule has 7 nitrogen and oxygen atoms in total. The first-order chi connectivity index (χ1) is 16.0. The van der Waals surface area contributed by atoms with Crippen LogP contribution in [0.2, 0.25) is 0 Å². The van der Waals surface area contributed by atoms with Gasteiger partial charge >= 0.3 is 6.16 Å². The number of ether oxygens (including phenoxy) is 3. The summed E-state index contributed by atoms with van der Waals surface area (Å²) in [4.78, 5) is 23.9. The van der Waals surface area contributed by atoms with Crippen LogP contribution in [0.25, 0.3) is 10.8 Å². The number of carbonyl (C=O) groups excluding carboxylic acids is 2. The molecule has 0 aliphatic carbocycles. The van der Waals surface area contributed by atoms with Gasteiger partial charge in [-0.15, -0.1) is 0 Å². The largest absolute Gasteiger partial charge is 0.530 e. The van der Waals surface area contributed by atoms with Crippen molar-refractivity contribution in [3.05, 3.63) is 83.4 Å². The molecule has 0 radical (unpaired) electrons. The number of carbonyl (C=O) groups is 2. The fraction of sp³-hybridized carbons (Fsp3) is 0.308. The van der Waals surface area contributed by atoms with Gasteiger partial charge in [-0.25, -0.2) is 4.79 Å². The van der Waals surface area contributed by atoms with Crippen LogP contribution in [0.5, 0.6) is 0 Å². The van der Waals surface area contributed by atoms with Gasteiger partial charge in [0.25, 0.3) is 0 Å². The highest BCUT2D eigenvalue weighted by atomic mass is 16.7. The van der Waals surface area contributed by atoms with E-state index in [9.17, 15) is 14.7 Å². The lowest BCUT2D eigenvalue weighted by Gasteiger charge is -2.40. The molecule has 0 aromatic heterocycles. The fourth-order valence-electron chi connectivity index (χ4n) is 4.23. The Labute approximate surface area is 192 Å². The molecule has 0 bridgehead atoms. The molecule has 0 spiro atoms. The minimum Gasteiger partial charge on any atom is -0.530 e. The van der Waals surface area contributed by atoms with E-state index in [2.05, 4.69) is 29.0 Å². The Kier molecular flexibility index (Phi) is 7.10. The van der Waals surface area contributed by atoms with Crippen LogP contribution in [-0.2, 0) is 27.4 Å². The summed E-state index contributed by atoms with van der Waals surface area (Å²) in [6.07, 6.45) is -1.58. The van der Waals surface area contributed by atoms with Gasteiger partial charge in [-0.05, 0) is 39.9 Å². The minimum absolute atomic E-state index is 0.0385. The Hall–Kier alpha value is -3.58. The first-order valence-corrected chi connectivity index (χ1v) is 10.9. The molecule has 1 saturated heterocycles. The lowest BCUT2D eigenvalue weighted by molar-refractivity contribution is -0.268. The summed E-state index contributed by atoms with van der Waals surface area (Å²) in [5.41, 5.74) is 2.93. The van der Waals surface area contributed by atoms with Gasteiger partial charge in [0, 0.05) is 19.0 Å². The second-order valence-corrected chi connectivity index (χ2v) is 8.12. The van der Waals surface area contributed by atoms with E-state index in [4.69, 9.17) is 9.47 Å². The van der Waals surface area contributed by atoms with Crippen molar-refractivity contribution in [1.82, 2.24) is 4.90 Å². The van der Waals surface area contributed by atoms with Crippen molar-refractivity contribution >= 4 is 23.0 Å². The van der Waals surface area contributed by atoms with E-state index in [-0.39, 0.29) is 25.2 Å². The Morgan fingerprint density at radius 1 is 0.970 bits per heavy atom. The molecule has 7 heteroatoms. The molecule has 1 fully saturated rings. The van der Waals surface area contributed by atoms with E-state index in [0.717, 1.165) is 27.5 Å². The predicted molar refractivity (Wildman–Crippen MR) is 120 cm³/mol. The lowest BCUT2D eigenvalue weighted by atomic mass is 9.86. The Morgan fingerprint density at radius 3 is 2.42 bits per heavy atom. The minimum atomic E-state index is -1.18. The zero-order chi connectivity index (χ0) is 23.2. The molecule has 1 aliphatic heterocycles. The summed E-state index contributed by atoms with van der Waals surface area (Å²) >= 11 is 0. The highest BCUT2D eigenvalue weighted by Gasteiger charge is 2.31. The third-order valence-corrected chi connectivity index (χ3v) is 6.03. The number of rotatable bonds is 6. The van der Waals surface area contributed by atoms with Crippen LogP contribution in [0, 0.1) is 0 Å². The summed E-state index contributed by atoms with van der Waals surface area (Å²) in [5.74, 6) is 0.0385. The van der Waals surface area contributed by atoms with Gasteiger partial charge in [0.2, 0.25) is 0 Å². The van der Waals surface area contributed by atoms with Crippen molar-refractivity contribution in [2.24, 2.45) is 0 Å². The first kappa shape index (κ1) is 22.6. The maximum Gasteiger partial charge on any atom is 0.508 e. The van der Waals surface area contributed by atoms with Gasteiger partial charge in [0.1, 0.15) is 12.7 Å². The second-order valence-electron chi connectivity index (χ2n) is 8.12. The maximum atomic E-state index is 11.5. The normalized spacial score (nSPS) is 18.2. The zero-order valence-corrected chi connectivity index (χ0v) is 18.4. The van der Waals surface area contributed by atoms with Gasteiger partial charge in [-0.3, -0.25) is 0 Å². The van der Waals surface area contributed by atoms with E-state index < -0.39 is 12.2 Å². The zero-order valence-electron chi connectivity index (χ0n) is 18.4. The van der Waals surface area contributed by atoms with Crippen molar-refractivity contribution in [3.8, 4) is 0 Å². The molecule has 2 unspecified atom stereocenters. The van der Waals surface area contributed by atoms with Gasteiger partial charge < -0.3 is 29.0 Å². The average molecular weight is 448 g/mol. The third-order valence-electron chi connectivity index (χ3n) is 6.03. The van der Waals surface area contributed by atoms with Crippen molar-refractivity contribution in [2.45, 2.75) is 31.7 Å². The number of fused-ring (bicyclic) bond motifs is 1. The fourth-order valence-corrected chi connectivity index (χ4v) is 4.23. The summed E-state index contributed by atoms with van der Waals surface area (Å²) in [5, 5.41) is 13.8. The number of nitrogens with zero attached hydrogens (tertiary/aromatic N) is 1. The third kappa shape index (κ3) is 5.62. The van der Waals surface area contributed by atoms with Crippen LogP contribution in [0.4, 0.5) is 9.59 Å². The second kappa shape index (κ2) is 10.4. The van der Waals surface area contributed by atoms with Crippen LogP contribution in [0.3, 0.4) is 0 Å². The van der Waals surface area contributed by atoms with Crippen LogP contribution >= 0.6 is 0 Å². The molecule has 1 heterocycles. The van der Waals surface area contributed by atoms with Gasteiger partial charge in [0.15, 0.2) is 0 Å². The number of methoxy groups -OCH3 is 1. The van der Waals surface area contributed by atoms with Crippen molar-refractivity contribution in [1.29, 1.82) is 0 Å². The molecule has 3 aromatic rings. The van der Waals surface area contributed by atoms with Crippen molar-refractivity contribution in [3.63, 3.8) is 0 Å². The van der Waals surface area contributed by atoms with Gasteiger partial charge in [0.05, 0.1) is 19.8 Å². The molecule has 1 amide bonds. The topological polar surface area (TPSA) is 88.1 Å². The van der Waals surface area contributed by atoms with Gasteiger partial charge in [-0.2, -0.15) is 0 Å². The quantitative estimate of drug-likeness (QED) is 0.533.